The summed E-state index contributed by atoms with van der Waals surface area (Å²) < 4.78 is 19.3. The fourth-order valence-electron chi connectivity index (χ4n) is 3.74. The molecule has 2 aromatic carbocycles. The van der Waals surface area contributed by atoms with Crippen LogP contribution in [-0.2, 0) is 16.1 Å². The summed E-state index contributed by atoms with van der Waals surface area (Å²) in [7, 11) is 0. The monoisotopic (exact) mass is 506 g/mol. The van der Waals surface area contributed by atoms with E-state index in [2.05, 4.69) is 20.7 Å². The minimum atomic E-state index is -1.19. The molecule has 0 saturated heterocycles. The molecular weight excluding hydrogens is 479 g/mol. The Kier molecular flexibility index (Phi) is 7.05. The highest BCUT2D eigenvalue weighted by atomic mass is 19.1. The van der Waals surface area contributed by atoms with E-state index in [-0.39, 0.29) is 23.8 Å². The van der Waals surface area contributed by atoms with Gasteiger partial charge >= 0.3 is 0 Å². The number of carbonyl (C=O) groups excluding carboxylic acids is 2. The fourth-order valence-corrected chi connectivity index (χ4v) is 3.74. The van der Waals surface area contributed by atoms with E-state index in [1.165, 1.54) is 41.3 Å². The maximum atomic E-state index is 13.8. The summed E-state index contributed by atoms with van der Waals surface area (Å²) in [6.45, 7) is 6.84. The molecule has 2 aromatic heterocycles. The molecule has 0 fully saturated rings. The minimum Gasteiger partial charge on any atom is -0.508 e. The number of aromatic nitrogens is 4. The number of amides is 2. The summed E-state index contributed by atoms with van der Waals surface area (Å²) >= 11 is 0. The number of aromatic hydroxyl groups is 1. The number of tetrazole rings is 1. The molecule has 11 heteroatoms. The van der Waals surface area contributed by atoms with Gasteiger partial charge < -0.3 is 14.8 Å². The van der Waals surface area contributed by atoms with Crippen LogP contribution in [0.25, 0.3) is 11.6 Å². The summed E-state index contributed by atoms with van der Waals surface area (Å²) in [6, 6.07) is 13.5. The third-order valence-corrected chi connectivity index (χ3v) is 5.26. The van der Waals surface area contributed by atoms with Crippen molar-refractivity contribution in [1.82, 2.24) is 25.5 Å². The molecule has 0 spiro atoms. The van der Waals surface area contributed by atoms with Crippen molar-refractivity contribution in [3.05, 3.63) is 77.8 Å². The average molecular weight is 507 g/mol. The lowest BCUT2D eigenvalue weighted by Crippen LogP contribution is -2.50. The first-order valence-corrected chi connectivity index (χ1v) is 11.5. The van der Waals surface area contributed by atoms with Crippen LogP contribution in [0.3, 0.4) is 0 Å². The molecule has 0 bridgehead atoms. The second kappa shape index (κ2) is 10.2. The molecule has 2 amide bonds. The van der Waals surface area contributed by atoms with Crippen LogP contribution in [0.2, 0.25) is 0 Å². The highest BCUT2D eigenvalue weighted by Gasteiger charge is 2.35. The number of phenols is 1. The number of nitrogens with one attached hydrogen (secondary N) is 1. The Hall–Kier alpha value is -4.54. The quantitative estimate of drug-likeness (QED) is 0.391. The van der Waals surface area contributed by atoms with Gasteiger partial charge in [-0.05, 0) is 74.9 Å². The number of carbonyl (C=O) groups is 2. The van der Waals surface area contributed by atoms with Crippen LogP contribution >= 0.6 is 0 Å². The molecule has 0 saturated carbocycles. The molecule has 2 heterocycles. The maximum absolute atomic E-state index is 13.8. The Labute approximate surface area is 212 Å². The first-order chi connectivity index (χ1) is 17.5. The molecule has 0 unspecified atom stereocenters. The highest BCUT2D eigenvalue weighted by molar-refractivity contribution is 6.01. The normalized spacial score (nSPS) is 12.2. The lowest BCUT2D eigenvalue weighted by atomic mass is 10.0. The second-order valence-electron chi connectivity index (χ2n) is 9.53. The average Bonchev–Trinajstić information content (AvgIpc) is 3.45. The van der Waals surface area contributed by atoms with E-state index in [0.29, 0.717) is 17.1 Å². The van der Waals surface area contributed by atoms with Crippen LogP contribution in [0.15, 0.2) is 65.1 Å². The summed E-state index contributed by atoms with van der Waals surface area (Å²) in [5, 5.41) is 25.2. The number of halogens is 1. The third kappa shape index (κ3) is 6.18. The van der Waals surface area contributed by atoms with Gasteiger partial charge in [-0.1, -0.05) is 18.2 Å². The lowest BCUT2D eigenvalue weighted by molar-refractivity contribution is -0.128. The molecule has 0 aliphatic carbocycles. The van der Waals surface area contributed by atoms with Crippen molar-refractivity contribution in [2.45, 2.75) is 45.8 Å². The van der Waals surface area contributed by atoms with Crippen molar-refractivity contribution in [3.63, 3.8) is 0 Å². The van der Waals surface area contributed by atoms with Crippen LogP contribution in [0, 0.1) is 12.7 Å². The number of anilines is 1. The number of phenolic OH excluding ortho intramolecular Hbond substituents is 1. The van der Waals surface area contributed by atoms with Crippen LogP contribution < -0.4 is 10.2 Å². The number of nitrogens with zero attached hydrogens (tertiary/aromatic N) is 5. The Morgan fingerprint density at radius 2 is 1.86 bits per heavy atom. The number of benzene rings is 2. The minimum absolute atomic E-state index is 0.0984. The van der Waals surface area contributed by atoms with E-state index >= 15 is 0 Å². The number of aryl methyl sites for hydroxylation is 1. The predicted molar refractivity (Wildman–Crippen MR) is 133 cm³/mol. The van der Waals surface area contributed by atoms with Crippen LogP contribution in [-0.4, -0.2) is 42.7 Å². The van der Waals surface area contributed by atoms with Gasteiger partial charge in [0.2, 0.25) is 11.7 Å². The van der Waals surface area contributed by atoms with Gasteiger partial charge in [-0.25, -0.2) is 4.39 Å². The maximum Gasteiger partial charge on any atom is 0.251 e. The molecule has 1 atom stereocenters. The second-order valence-corrected chi connectivity index (χ2v) is 9.53. The molecule has 10 nitrogen and oxygen atoms in total. The first-order valence-electron chi connectivity index (χ1n) is 11.5. The van der Waals surface area contributed by atoms with Gasteiger partial charge in [-0.15, -0.1) is 10.2 Å². The topological polar surface area (TPSA) is 126 Å². The Bertz CT molecular complexity index is 1410. The van der Waals surface area contributed by atoms with Crippen molar-refractivity contribution in [2.75, 3.05) is 4.90 Å². The highest BCUT2D eigenvalue weighted by Crippen LogP contribution is 2.31. The first kappa shape index (κ1) is 25.5. The predicted octanol–water partition coefficient (Wildman–Crippen LogP) is 3.78. The van der Waals surface area contributed by atoms with Crippen LogP contribution in [0.5, 0.6) is 5.75 Å². The fraction of sp³-hybridized carbons (Fsp3) is 0.269. The Balaban J connectivity index is 1.75. The van der Waals surface area contributed by atoms with Crippen LogP contribution in [0.1, 0.15) is 38.1 Å². The molecule has 192 valence electrons. The smallest absolute Gasteiger partial charge is 0.251 e. The van der Waals surface area contributed by atoms with Crippen molar-refractivity contribution < 1.29 is 23.5 Å². The molecule has 2 N–H and O–H groups in total. The van der Waals surface area contributed by atoms with Crippen molar-refractivity contribution in [3.8, 4) is 17.3 Å². The Morgan fingerprint density at radius 1 is 1.14 bits per heavy atom. The van der Waals surface area contributed by atoms with E-state index in [0.717, 1.165) is 4.80 Å². The van der Waals surface area contributed by atoms with E-state index in [1.54, 1.807) is 31.2 Å². The van der Waals surface area contributed by atoms with Crippen molar-refractivity contribution in [2.24, 2.45) is 0 Å². The van der Waals surface area contributed by atoms with Crippen molar-refractivity contribution in [1.29, 1.82) is 0 Å². The van der Waals surface area contributed by atoms with Gasteiger partial charge in [0.25, 0.3) is 5.91 Å². The number of rotatable bonds is 7. The summed E-state index contributed by atoms with van der Waals surface area (Å²) in [5.41, 5.74) is 0.00965. The molecule has 4 rings (SSSR count). The zero-order valence-electron chi connectivity index (χ0n) is 20.8. The van der Waals surface area contributed by atoms with E-state index < -0.39 is 29.2 Å². The van der Waals surface area contributed by atoms with Gasteiger partial charge in [0, 0.05) is 17.3 Å². The summed E-state index contributed by atoms with van der Waals surface area (Å²) in [4.78, 5) is 29.7. The van der Waals surface area contributed by atoms with E-state index in [1.807, 2.05) is 20.8 Å². The zero-order valence-corrected chi connectivity index (χ0v) is 20.8. The molecule has 4 aromatic rings. The number of hydrogen-bond donors (Lipinski definition) is 2. The summed E-state index contributed by atoms with van der Waals surface area (Å²) in [5.74, 6) is -0.373. The SMILES string of the molecule is Cc1ccc(-c2nnn(CC(=O)N(c3cccc(O)c3)[C@H](C(=O)NC(C)(C)C)c3ccc(F)cc3)n2)o1. The summed E-state index contributed by atoms with van der Waals surface area (Å²) in [6.07, 6.45) is 0. The van der Waals surface area contributed by atoms with Crippen molar-refractivity contribution >= 4 is 17.5 Å². The number of furan rings is 1. The molecular formula is C26H27FN6O4. The molecule has 0 aliphatic rings. The lowest BCUT2D eigenvalue weighted by Gasteiger charge is -2.33. The van der Waals surface area contributed by atoms with Gasteiger partial charge in [0.1, 0.15) is 29.9 Å². The third-order valence-electron chi connectivity index (χ3n) is 5.26. The molecule has 0 aliphatic heterocycles. The molecule has 37 heavy (non-hydrogen) atoms. The van der Waals surface area contributed by atoms with Gasteiger partial charge in [0.05, 0.1) is 0 Å². The largest absolute Gasteiger partial charge is 0.508 e. The Morgan fingerprint density at radius 3 is 2.49 bits per heavy atom. The van der Waals surface area contributed by atoms with Crippen LogP contribution in [0.4, 0.5) is 10.1 Å². The molecule has 0 radical (unpaired) electrons. The standard InChI is InChI=1S/C26H27FN6O4/c1-16-8-13-21(37-16)24-29-31-32(30-24)15-22(35)33(19-6-5-7-20(34)14-19)23(25(36)28-26(2,3)4)17-9-11-18(27)12-10-17/h5-14,23,34H,15H2,1-4H3,(H,28,36)/t23-/m0/s1. The van der Waals surface area contributed by atoms with Gasteiger partial charge in [0.15, 0.2) is 5.76 Å². The van der Waals surface area contributed by atoms with Gasteiger partial charge in [-0.3, -0.25) is 14.5 Å². The van der Waals surface area contributed by atoms with E-state index in [9.17, 15) is 19.1 Å². The van der Waals surface area contributed by atoms with Gasteiger partial charge in [-0.2, -0.15) is 4.80 Å². The van der Waals surface area contributed by atoms with E-state index in [4.69, 9.17) is 4.42 Å². The zero-order chi connectivity index (χ0) is 26.7. The number of hydrogen-bond acceptors (Lipinski definition) is 7.